The maximum Gasteiger partial charge on any atom is 0.249 e. The molecule has 25 heavy (non-hydrogen) atoms. The Hall–Kier alpha value is -3.02. The standard InChI is InChI=1S/C19H23N3O3/c1-5-6-7-8-18(23)21-19-14(2)12-20-22(19)13-15-9-10-16(24-3)17(11-15)25-4/h5-12H,13H2,1-4H3,(H,21,23). The minimum absolute atomic E-state index is 0.199. The Morgan fingerprint density at radius 1 is 1.24 bits per heavy atom. The molecule has 1 N–H and O–H groups in total. The third-order valence-corrected chi connectivity index (χ3v) is 3.60. The number of amides is 1. The van der Waals surface area contributed by atoms with Gasteiger partial charge in [0, 0.05) is 11.6 Å². The van der Waals surface area contributed by atoms with E-state index in [4.69, 9.17) is 9.47 Å². The predicted octanol–water partition coefficient (Wildman–Crippen LogP) is 3.33. The summed E-state index contributed by atoms with van der Waals surface area (Å²) in [4.78, 5) is 12.0. The molecule has 132 valence electrons. The van der Waals surface area contributed by atoms with Gasteiger partial charge in [0.25, 0.3) is 0 Å². The quantitative estimate of drug-likeness (QED) is 0.620. The fourth-order valence-corrected chi connectivity index (χ4v) is 2.33. The van der Waals surface area contributed by atoms with Gasteiger partial charge in [-0.2, -0.15) is 5.10 Å². The molecular formula is C19H23N3O3. The maximum absolute atomic E-state index is 12.0. The molecule has 1 aromatic carbocycles. The Balaban J connectivity index is 2.20. The van der Waals surface area contributed by atoms with Crippen molar-refractivity contribution in [2.45, 2.75) is 20.4 Å². The highest BCUT2D eigenvalue weighted by atomic mass is 16.5. The molecule has 0 aliphatic heterocycles. The number of hydrogen-bond acceptors (Lipinski definition) is 4. The monoisotopic (exact) mass is 341 g/mol. The average Bonchev–Trinajstić information content (AvgIpc) is 2.95. The van der Waals surface area contributed by atoms with Gasteiger partial charge in [-0.3, -0.25) is 4.79 Å². The Morgan fingerprint density at radius 3 is 2.68 bits per heavy atom. The van der Waals surface area contributed by atoms with Crippen molar-refractivity contribution in [3.63, 3.8) is 0 Å². The number of benzene rings is 1. The van der Waals surface area contributed by atoms with E-state index in [1.807, 2.05) is 38.1 Å². The molecule has 1 aromatic heterocycles. The van der Waals surface area contributed by atoms with Gasteiger partial charge in [0.2, 0.25) is 5.91 Å². The Bertz CT molecular complexity index is 791. The van der Waals surface area contributed by atoms with Crippen molar-refractivity contribution in [1.82, 2.24) is 9.78 Å². The molecule has 0 radical (unpaired) electrons. The lowest BCUT2D eigenvalue weighted by Crippen LogP contribution is -2.14. The summed E-state index contributed by atoms with van der Waals surface area (Å²) in [6.07, 6.45) is 8.56. The molecule has 2 aromatic rings. The number of carbonyl (C=O) groups excluding carboxylic acids is 1. The Kier molecular flexibility index (Phi) is 6.39. The molecule has 0 saturated heterocycles. The second kappa shape index (κ2) is 8.73. The number of methoxy groups -OCH3 is 2. The second-order valence-corrected chi connectivity index (χ2v) is 5.40. The van der Waals surface area contributed by atoms with Crippen LogP contribution in [0.15, 0.2) is 48.7 Å². The summed E-state index contributed by atoms with van der Waals surface area (Å²) < 4.78 is 12.3. The summed E-state index contributed by atoms with van der Waals surface area (Å²) in [5.41, 5.74) is 1.88. The highest BCUT2D eigenvalue weighted by Crippen LogP contribution is 2.28. The van der Waals surface area contributed by atoms with Gasteiger partial charge in [0.15, 0.2) is 11.5 Å². The van der Waals surface area contributed by atoms with E-state index in [0.29, 0.717) is 23.9 Å². The normalized spacial score (nSPS) is 11.2. The summed E-state index contributed by atoms with van der Waals surface area (Å²) in [6.45, 7) is 4.30. The molecule has 0 bridgehead atoms. The topological polar surface area (TPSA) is 65.4 Å². The SMILES string of the molecule is CC=CC=CC(=O)Nc1c(C)cnn1Cc1ccc(OC)c(OC)c1. The molecule has 0 aliphatic rings. The lowest BCUT2D eigenvalue weighted by molar-refractivity contribution is -0.112. The molecule has 1 heterocycles. The maximum atomic E-state index is 12.0. The fraction of sp³-hybridized carbons (Fsp3) is 0.263. The van der Waals surface area contributed by atoms with Crippen LogP contribution < -0.4 is 14.8 Å². The van der Waals surface area contributed by atoms with Crippen molar-refractivity contribution in [3.05, 3.63) is 59.8 Å². The van der Waals surface area contributed by atoms with E-state index in [2.05, 4.69) is 10.4 Å². The zero-order chi connectivity index (χ0) is 18.2. The Labute approximate surface area is 147 Å². The van der Waals surface area contributed by atoms with Crippen LogP contribution >= 0.6 is 0 Å². The van der Waals surface area contributed by atoms with Gasteiger partial charge in [0.1, 0.15) is 5.82 Å². The van der Waals surface area contributed by atoms with E-state index in [0.717, 1.165) is 11.1 Å². The first-order valence-electron chi connectivity index (χ1n) is 7.92. The van der Waals surface area contributed by atoms with Crippen molar-refractivity contribution < 1.29 is 14.3 Å². The van der Waals surface area contributed by atoms with E-state index in [-0.39, 0.29) is 5.91 Å². The number of nitrogens with zero attached hydrogens (tertiary/aromatic N) is 2. The van der Waals surface area contributed by atoms with Crippen LogP contribution in [0.5, 0.6) is 11.5 Å². The number of nitrogens with one attached hydrogen (secondary N) is 1. The number of anilines is 1. The van der Waals surface area contributed by atoms with Gasteiger partial charge < -0.3 is 14.8 Å². The third kappa shape index (κ3) is 4.73. The first kappa shape index (κ1) is 18.3. The molecule has 0 fully saturated rings. The van der Waals surface area contributed by atoms with Crippen LogP contribution in [0.3, 0.4) is 0 Å². The smallest absolute Gasteiger partial charge is 0.249 e. The highest BCUT2D eigenvalue weighted by Gasteiger charge is 2.11. The molecule has 0 atom stereocenters. The molecule has 0 aliphatic carbocycles. The second-order valence-electron chi connectivity index (χ2n) is 5.40. The summed E-state index contributed by atoms with van der Waals surface area (Å²) in [5.74, 6) is 1.80. The summed E-state index contributed by atoms with van der Waals surface area (Å²) >= 11 is 0. The van der Waals surface area contributed by atoms with E-state index in [9.17, 15) is 4.79 Å². The number of ether oxygens (including phenoxy) is 2. The molecule has 0 unspecified atom stereocenters. The van der Waals surface area contributed by atoms with Crippen LogP contribution in [-0.2, 0) is 11.3 Å². The molecule has 2 rings (SSSR count). The number of aryl methyl sites for hydroxylation is 1. The number of allylic oxidation sites excluding steroid dienone is 3. The van der Waals surface area contributed by atoms with Crippen molar-refractivity contribution >= 4 is 11.7 Å². The summed E-state index contributed by atoms with van der Waals surface area (Å²) in [6, 6.07) is 5.69. The highest BCUT2D eigenvalue weighted by molar-refractivity contribution is 5.99. The van der Waals surface area contributed by atoms with Crippen molar-refractivity contribution in [2.75, 3.05) is 19.5 Å². The van der Waals surface area contributed by atoms with Crippen LogP contribution in [0.2, 0.25) is 0 Å². The van der Waals surface area contributed by atoms with Crippen LogP contribution in [0.1, 0.15) is 18.1 Å². The van der Waals surface area contributed by atoms with Crippen LogP contribution in [0.25, 0.3) is 0 Å². The molecule has 6 nitrogen and oxygen atoms in total. The zero-order valence-corrected chi connectivity index (χ0v) is 14.9. The van der Waals surface area contributed by atoms with Crippen molar-refractivity contribution in [2.24, 2.45) is 0 Å². The van der Waals surface area contributed by atoms with Crippen molar-refractivity contribution in [1.29, 1.82) is 0 Å². The zero-order valence-electron chi connectivity index (χ0n) is 14.9. The van der Waals surface area contributed by atoms with Gasteiger partial charge in [-0.25, -0.2) is 4.68 Å². The van der Waals surface area contributed by atoms with Crippen LogP contribution in [0.4, 0.5) is 5.82 Å². The molecule has 0 spiro atoms. The fourth-order valence-electron chi connectivity index (χ4n) is 2.33. The predicted molar refractivity (Wildman–Crippen MR) is 98.2 cm³/mol. The summed E-state index contributed by atoms with van der Waals surface area (Å²) in [5, 5.41) is 7.22. The molecule has 1 amide bonds. The lowest BCUT2D eigenvalue weighted by atomic mass is 10.2. The van der Waals surface area contributed by atoms with Crippen molar-refractivity contribution in [3.8, 4) is 11.5 Å². The van der Waals surface area contributed by atoms with E-state index in [1.165, 1.54) is 6.08 Å². The summed E-state index contributed by atoms with van der Waals surface area (Å²) in [7, 11) is 3.20. The number of rotatable bonds is 7. The first-order valence-corrected chi connectivity index (χ1v) is 7.92. The average molecular weight is 341 g/mol. The minimum atomic E-state index is -0.199. The minimum Gasteiger partial charge on any atom is -0.493 e. The van der Waals surface area contributed by atoms with Crippen LogP contribution in [-0.4, -0.2) is 29.9 Å². The number of aromatic nitrogens is 2. The molecule has 6 heteroatoms. The largest absolute Gasteiger partial charge is 0.493 e. The molecule has 0 saturated carbocycles. The van der Waals surface area contributed by atoms with E-state index < -0.39 is 0 Å². The van der Waals surface area contributed by atoms with Gasteiger partial charge in [-0.05, 0) is 31.5 Å². The first-order chi connectivity index (χ1) is 12.1. The number of carbonyl (C=O) groups is 1. The van der Waals surface area contributed by atoms with Gasteiger partial charge in [-0.1, -0.05) is 24.3 Å². The molecular weight excluding hydrogens is 318 g/mol. The Morgan fingerprint density at radius 2 is 2.00 bits per heavy atom. The number of hydrogen-bond donors (Lipinski definition) is 1. The van der Waals surface area contributed by atoms with E-state index in [1.54, 1.807) is 37.3 Å². The van der Waals surface area contributed by atoms with Gasteiger partial charge in [-0.15, -0.1) is 0 Å². The lowest BCUT2D eigenvalue weighted by Gasteiger charge is -2.12. The van der Waals surface area contributed by atoms with E-state index >= 15 is 0 Å². The third-order valence-electron chi connectivity index (χ3n) is 3.60. The van der Waals surface area contributed by atoms with Crippen LogP contribution in [0, 0.1) is 6.92 Å². The van der Waals surface area contributed by atoms with Gasteiger partial charge in [0.05, 0.1) is 27.0 Å². The van der Waals surface area contributed by atoms with Gasteiger partial charge >= 0.3 is 0 Å².